The Hall–Kier alpha value is -3.14. The summed E-state index contributed by atoms with van der Waals surface area (Å²) in [5.41, 5.74) is 1.14. The van der Waals surface area contributed by atoms with E-state index in [1.807, 2.05) is 13.8 Å². The van der Waals surface area contributed by atoms with E-state index in [-0.39, 0.29) is 11.9 Å². The fraction of sp³-hybridized carbons (Fsp3) is 0.250. The van der Waals surface area contributed by atoms with Gasteiger partial charge in [0, 0.05) is 16.6 Å². The molecule has 0 saturated carbocycles. The minimum atomic E-state index is -0.529. The summed E-state index contributed by atoms with van der Waals surface area (Å²) in [5, 5.41) is 13.8. The number of ether oxygens (including phenoxy) is 2. The summed E-state index contributed by atoms with van der Waals surface area (Å²) >= 11 is 1.53. The van der Waals surface area contributed by atoms with E-state index in [0.29, 0.717) is 22.9 Å². The SMILES string of the molecule is COc1ccc(NC(=O)Nc2nnc(-c3nc(C)sc3C)o2)cc1OC. The van der Waals surface area contributed by atoms with Crippen LogP contribution in [0.15, 0.2) is 22.6 Å². The van der Waals surface area contributed by atoms with Gasteiger partial charge in [-0.1, -0.05) is 5.10 Å². The second-order valence-corrected chi connectivity index (χ2v) is 6.61. The molecule has 0 unspecified atom stereocenters. The first kappa shape index (κ1) is 17.7. The molecule has 9 nitrogen and oxygen atoms in total. The summed E-state index contributed by atoms with van der Waals surface area (Å²) in [5.74, 6) is 1.32. The monoisotopic (exact) mass is 375 g/mol. The Morgan fingerprint density at radius 2 is 1.88 bits per heavy atom. The number of anilines is 2. The van der Waals surface area contributed by atoms with Crippen LogP contribution in [0.5, 0.6) is 11.5 Å². The molecule has 2 amide bonds. The number of nitrogens with one attached hydrogen (secondary N) is 2. The van der Waals surface area contributed by atoms with Crippen LogP contribution in [0.2, 0.25) is 0 Å². The van der Waals surface area contributed by atoms with Crippen molar-refractivity contribution < 1.29 is 18.7 Å². The van der Waals surface area contributed by atoms with E-state index in [1.165, 1.54) is 25.6 Å². The molecule has 136 valence electrons. The van der Waals surface area contributed by atoms with Crippen LogP contribution in [0.1, 0.15) is 9.88 Å². The number of carbonyl (C=O) groups excluding carboxylic acids is 1. The maximum atomic E-state index is 12.1. The van der Waals surface area contributed by atoms with E-state index < -0.39 is 6.03 Å². The highest BCUT2D eigenvalue weighted by atomic mass is 32.1. The number of amides is 2. The van der Waals surface area contributed by atoms with Gasteiger partial charge in [0.25, 0.3) is 5.89 Å². The first-order valence-corrected chi connectivity index (χ1v) is 8.39. The molecule has 0 aliphatic carbocycles. The zero-order valence-electron chi connectivity index (χ0n) is 14.6. The predicted molar refractivity (Wildman–Crippen MR) is 97.1 cm³/mol. The smallest absolute Gasteiger partial charge is 0.327 e. The number of methoxy groups -OCH3 is 2. The molecular weight excluding hydrogens is 358 g/mol. The number of urea groups is 1. The lowest BCUT2D eigenvalue weighted by Crippen LogP contribution is -2.19. The molecule has 0 atom stereocenters. The quantitative estimate of drug-likeness (QED) is 0.702. The number of nitrogens with zero attached hydrogens (tertiary/aromatic N) is 3. The van der Waals surface area contributed by atoms with E-state index in [0.717, 1.165) is 9.88 Å². The number of rotatable bonds is 5. The Labute approximate surface area is 153 Å². The molecule has 3 aromatic rings. The molecule has 0 aliphatic rings. The lowest BCUT2D eigenvalue weighted by molar-refractivity contribution is 0.261. The molecule has 2 heterocycles. The van der Waals surface area contributed by atoms with E-state index in [1.54, 1.807) is 18.2 Å². The van der Waals surface area contributed by atoms with Gasteiger partial charge in [-0.15, -0.1) is 16.4 Å². The number of hydrogen-bond donors (Lipinski definition) is 2. The van der Waals surface area contributed by atoms with Crippen LogP contribution in [0.25, 0.3) is 11.6 Å². The van der Waals surface area contributed by atoms with Crippen LogP contribution in [-0.4, -0.2) is 35.4 Å². The minimum absolute atomic E-state index is 0.0250. The second-order valence-electron chi connectivity index (χ2n) is 5.20. The summed E-state index contributed by atoms with van der Waals surface area (Å²) in [4.78, 5) is 17.4. The Bertz CT molecular complexity index is 937. The number of thiazole rings is 1. The van der Waals surface area contributed by atoms with Gasteiger partial charge in [0.2, 0.25) is 0 Å². The van der Waals surface area contributed by atoms with Crippen LogP contribution in [0, 0.1) is 13.8 Å². The molecule has 0 radical (unpaired) electrons. The third kappa shape index (κ3) is 3.75. The van der Waals surface area contributed by atoms with Gasteiger partial charge in [0.05, 0.1) is 19.2 Å². The predicted octanol–water partition coefficient (Wildman–Crippen LogP) is 3.47. The van der Waals surface area contributed by atoms with Crippen molar-refractivity contribution in [3.05, 3.63) is 28.1 Å². The topological polar surface area (TPSA) is 111 Å². The van der Waals surface area contributed by atoms with Crippen molar-refractivity contribution in [2.75, 3.05) is 24.9 Å². The summed E-state index contributed by atoms with van der Waals surface area (Å²) in [6.45, 7) is 3.81. The number of carbonyl (C=O) groups is 1. The van der Waals surface area contributed by atoms with Crippen molar-refractivity contribution >= 4 is 29.1 Å². The largest absolute Gasteiger partial charge is 0.493 e. The Morgan fingerprint density at radius 3 is 2.54 bits per heavy atom. The first-order chi connectivity index (χ1) is 12.5. The molecule has 2 N–H and O–H groups in total. The van der Waals surface area contributed by atoms with Gasteiger partial charge in [-0.25, -0.2) is 9.78 Å². The van der Waals surface area contributed by atoms with Gasteiger partial charge >= 0.3 is 12.0 Å². The van der Waals surface area contributed by atoms with E-state index in [2.05, 4.69) is 25.8 Å². The zero-order chi connectivity index (χ0) is 18.7. The van der Waals surface area contributed by atoms with Crippen molar-refractivity contribution in [2.24, 2.45) is 0 Å². The minimum Gasteiger partial charge on any atom is -0.493 e. The maximum absolute atomic E-state index is 12.1. The van der Waals surface area contributed by atoms with E-state index in [9.17, 15) is 4.79 Å². The summed E-state index contributed by atoms with van der Waals surface area (Å²) in [6, 6.07) is 4.45. The first-order valence-electron chi connectivity index (χ1n) is 7.58. The van der Waals surface area contributed by atoms with Crippen LogP contribution in [0.4, 0.5) is 16.5 Å². The molecule has 1 aromatic carbocycles. The van der Waals surface area contributed by atoms with Crippen molar-refractivity contribution in [1.29, 1.82) is 0 Å². The third-order valence-corrected chi connectivity index (χ3v) is 4.28. The molecule has 10 heteroatoms. The second kappa shape index (κ2) is 7.40. The number of benzene rings is 1. The highest BCUT2D eigenvalue weighted by Gasteiger charge is 2.16. The van der Waals surface area contributed by atoms with Gasteiger partial charge in [-0.3, -0.25) is 5.32 Å². The van der Waals surface area contributed by atoms with Crippen molar-refractivity contribution in [3.8, 4) is 23.1 Å². The molecule has 0 bridgehead atoms. The summed E-state index contributed by atoms with van der Waals surface area (Å²) < 4.78 is 15.8. The van der Waals surface area contributed by atoms with Crippen LogP contribution < -0.4 is 20.1 Å². The number of aromatic nitrogens is 3. The van der Waals surface area contributed by atoms with Crippen molar-refractivity contribution in [1.82, 2.24) is 15.2 Å². The lowest BCUT2D eigenvalue weighted by atomic mass is 10.3. The fourth-order valence-corrected chi connectivity index (χ4v) is 3.08. The van der Waals surface area contributed by atoms with Gasteiger partial charge < -0.3 is 19.2 Å². The van der Waals surface area contributed by atoms with Crippen LogP contribution in [0.3, 0.4) is 0 Å². The Balaban J connectivity index is 1.68. The van der Waals surface area contributed by atoms with Gasteiger partial charge in [0.15, 0.2) is 11.5 Å². The normalized spacial score (nSPS) is 10.5. The zero-order valence-corrected chi connectivity index (χ0v) is 15.4. The molecular formula is C16H17N5O4S. The van der Waals surface area contributed by atoms with Gasteiger partial charge in [0.1, 0.15) is 5.69 Å². The fourth-order valence-electron chi connectivity index (χ4n) is 2.27. The molecule has 0 spiro atoms. The number of aryl methyl sites for hydroxylation is 2. The van der Waals surface area contributed by atoms with Crippen molar-refractivity contribution in [2.45, 2.75) is 13.8 Å². The summed E-state index contributed by atoms with van der Waals surface area (Å²) in [7, 11) is 3.06. The Kier molecular flexibility index (Phi) is 5.03. The van der Waals surface area contributed by atoms with Crippen molar-refractivity contribution in [3.63, 3.8) is 0 Å². The molecule has 0 fully saturated rings. The van der Waals surface area contributed by atoms with Crippen LogP contribution in [-0.2, 0) is 0 Å². The van der Waals surface area contributed by atoms with Gasteiger partial charge in [-0.2, -0.15) is 0 Å². The molecule has 0 aliphatic heterocycles. The molecule has 2 aromatic heterocycles. The molecule has 26 heavy (non-hydrogen) atoms. The standard InChI is InChI=1S/C16H17N5O4S/c1-8-13(17-9(2)26-8)14-20-21-16(25-14)19-15(22)18-10-5-6-11(23-3)12(7-10)24-4/h5-7H,1-4H3,(H2,18,19,21,22). The average molecular weight is 375 g/mol. The third-order valence-electron chi connectivity index (χ3n) is 3.39. The van der Waals surface area contributed by atoms with Crippen LogP contribution >= 0.6 is 11.3 Å². The van der Waals surface area contributed by atoms with E-state index >= 15 is 0 Å². The Morgan fingerprint density at radius 1 is 1.12 bits per heavy atom. The summed E-state index contributed by atoms with van der Waals surface area (Å²) in [6.07, 6.45) is 0. The van der Waals surface area contributed by atoms with E-state index in [4.69, 9.17) is 13.9 Å². The molecule has 0 saturated heterocycles. The van der Waals surface area contributed by atoms with Gasteiger partial charge in [-0.05, 0) is 26.0 Å². The highest BCUT2D eigenvalue weighted by Crippen LogP contribution is 2.30. The number of hydrogen-bond acceptors (Lipinski definition) is 8. The lowest BCUT2D eigenvalue weighted by Gasteiger charge is -2.10. The maximum Gasteiger partial charge on any atom is 0.327 e. The molecule has 3 rings (SSSR count). The average Bonchev–Trinajstić information content (AvgIpc) is 3.20. The highest BCUT2D eigenvalue weighted by molar-refractivity contribution is 7.11.